The summed E-state index contributed by atoms with van der Waals surface area (Å²) >= 11 is 0. The second-order valence-corrected chi connectivity index (χ2v) is 5.13. The fourth-order valence-electron chi connectivity index (χ4n) is 1.89. The topological polar surface area (TPSA) is 23.8 Å². The zero-order chi connectivity index (χ0) is 14.3. The Kier molecular flexibility index (Phi) is 5.40. The van der Waals surface area contributed by atoms with Crippen LogP contribution in [0.3, 0.4) is 0 Å². The Labute approximate surface area is 117 Å². The molecule has 0 radical (unpaired) electrons. The molecule has 0 N–H and O–H groups in total. The lowest BCUT2D eigenvalue weighted by Crippen LogP contribution is -2.24. The predicted octanol–water partition coefficient (Wildman–Crippen LogP) is 4.56. The Morgan fingerprint density at radius 1 is 1.37 bits per heavy atom. The van der Waals surface area contributed by atoms with Crippen LogP contribution in [-0.4, -0.2) is 0 Å². The van der Waals surface area contributed by atoms with Gasteiger partial charge in [-0.1, -0.05) is 48.6 Å². The molecule has 1 aromatic carbocycles. The van der Waals surface area contributed by atoms with Crippen LogP contribution in [0.2, 0.25) is 0 Å². The van der Waals surface area contributed by atoms with Gasteiger partial charge in [-0.05, 0) is 38.8 Å². The molecule has 0 saturated carbocycles. The third-order valence-electron chi connectivity index (χ3n) is 3.81. The second kappa shape index (κ2) is 6.81. The molecule has 0 aliphatic heterocycles. The molecule has 1 aromatic rings. The Hall–Kier alpha value is -1.99. The molecule has 0 fully saturated rings. The van der Waals surface area contributed by atoms with Crippen molar-refractivity contribution in [2.75, 3.05) is 0 Å². The van der Waals surface area contributed by atoms with Gasteiger partial charge in [0.05, 0.1) is 11.5 Å². The molecular formula is C18H21N. The predicted molar refractivity (Wildman–Crippen MR) is 80.3 cm³/mol. The molecule has 19 heavy (non-hydrogen) atoms. The summed E-state index contributed by atoms with van der Waals surface area (Å²) in [7, 11) is 0. The van der Waals surface area contributed by atoms with E-state index in [1.807, 2.05) is 44.2 Å². The summed E-state index contributed by atoms with van der Waals surface area (Å²) in [4.78, 5) is 0. The number of allylic oxidation sites excluding steroid dienone is 2. The van der Waals surface area contributed by atoms with E-state index < -0.39 is 5.41 Å². The summed E-state index contributed by atoms with van der Waals surface area (Å²) in [5, 5.41) is 9.45. The van der Waals surface area contributed by atoms with Gasteiger partial charge in [0.15, 0.2) is 0 Å². The second-order valence-electron chi connectivity index (χ2n) is 5.13. The molecule has 1 rings (SSSR count). The number of hydrogen-bond donors (Lipinski definition) is 0. The van der Waals surface area contributed by atoms with Gasteiger partial charge in [0.25, 0.3) is 0 Å². The minimum atomic E-state index is -0.432. The van der Waals surface area contributed by atoms with Crippen LogP contribution in [0.25, 0.3) is 0 Å². The van der Waals surface area contributed by atoms with Crippen molar-refractivity contribution in [3.63, 3.8) is 0 Å². The highest BCUT2D eigenvalue weighted by molar-refractivity contribution is 5.34. The fraction of sp³-hybridized carbons (Fsp3) is 0.389. The molecule has 98 valence electrons. The number of nitrogens with zero attached hydrogens (tertiary/aromatic N) is 1. The first-order chi connectivity index (χ1) is 9.03. The highest BCUT2D eigenvalue weighted by Gasteiger charge is 2.31. The Morgan fingerprint density at radius 2 is 2.00 bits per heavy atom. The fourth-order valence-corrected chi connectivity index (χ4v) is 1.89. The van der Waals surface area contributed by atoms with E-state index in [4.69, 9.17) is 0 Å². The molecule has 0 saturated heterocycles. The van der Waals surface area contributed by atoms with E-state index in [1.54, 1.807) is 0 Å². The largest absolute Gasteiger partial charge is 0.198 e. The monoisotopic (exact) mass is 251 g/mol. The van der Waals surface area contributed by atoms with Gasteiger partial charge in [-0.25, -0.2) is 0 Å². The molecule has 1 nitrogen and oxygen atoms in total. The molecular weight excluding hydrogens is 230 g/mol. The highest BCUT2D eigenvalue weighted by atomic mass is 14.4. The summed E-state index contributed by atoms with van der Waals surface area (Å²) < 4.78 is 0. The van der Waals surface area contributed by atoms with Crippen molar-refractivity contribution in [1.82, 2.24) is 0 Å². The van der Waals surface area contributed by atoms with Gasteiger partial charge >= 0.3 is 0 Å². The quantitative estimate of drug-likeness (QED) is 0.570. The zero-order valence-electron chi connectivity index (χ0n) is 12.2. The summed E-state index contributed by atoms with van der Waals surface area (Å²) in [5.74, 6) is 6.49. The SMILES string of the molecule is C/C=C(\C)[C@H](C)[C@@](C)(C#N)CC#Cc1ccccc1. The molecule has 0 aromatic heterocycles. The first-order valence-electron chi connectivity index (χ1n) is 6.61. The molecule has 0 amide bonds. The van der Waals surface area contributed by atoms with Crippen molar-refractivity contribution in [1.29, 1.82) is 5.26 Å². The summed E-state index contributed by atoms with van der Waals surface area (Å²) in [5.41, 5.74) is 1.81. The lowest BCUT2D eigenvalue weighted by Gasteiger charge is -2.27. The molecule has 0 bridgehead atoms. The van der Waals surface area contributed by atoms with Gasteiger partial charge < -0.3 is 0 Å². The van der Waals surface area contributed by atoms with E-state index in [0.29, 0.717) is 6.42 Å². The highest BCUT2D eigenvalue weighted by Crippen LogP contribution is 2.34. The minimum absolute atomic E-state index is 0.215. The van der Waals surface area contributed by atoms with Gasteiger partial charge in [0, 0.05) is 12.0 Å². The van der Waals surface area contributed by atoms with Crippen LogP contribution in [0, 0.1) is 34.5 Å². The van der Waals surface area contributed by atoms with Crippen molar-refractivity contribution in [3.05, 3.63) is 47.5 Å². The van der Waals surface area contributed by atoms with E-state index in [0.717, 1.165) is 5.56 Å². The first-order valence-corrected chi connectivity index (χ1v) is 6.61. The molecule has 1 heteroatoms. The van der Waals surface area contributed by atoms with Gasteiger partial charge in [0.1, 0.15) is 0 Å². The molecule has 0 aliphatic rings. The number of benzene rings is 1. The first kappa shape index (κ1) is 15.1. The molecule has 0 unspecified atom stereocenters. The van der Waals surface area contributed by atoms with Crippen LogP contribution >= 0.6 is 0 Å². The lowest BCUT2D eigenvalue weighted by atomic mass is 9.73. The number of nitriles is 1. The maximum absolute atomic E-state index is 9.45. The van der Waals surface area contributed by atoms with Crippen LogP contribution in [0.15, 0.2) is 42.0 Å². The van der Waals surface area contributed by atoms with Crippen molar-refractivity contribution < 1.29 is 0 Å². The number of rotatable bonds is 3. The molecule has 0 spiro atoms. The lowest BCUT2D eigenvalue weighted by molar-refractivity contribution is 0.335. The van der Waals surface area contributed by atoms with Crippen molar-refractivity contribution >= 4 is 0 Å². The summed E-state index contributed by atoms with van der Waals surface area (Å²) in [6.45, 7) is 8.18. The normalized spacial score (nSPS) is 15.6. The van der Waals surface area contributed by atoms with Crippen molar-refractivity contribution in [2.24, 2.45) is 11.3 Å². The van der Waals surface area contributed by atoms with E-state index in [9.17, 15) is 5.26 Å². The Bertz CT molecular complexity index is 537. The minimum Gasteiger partial charge on any atom is -0.198 e. The van der Waals surface area contributed by atoms with Crippen LogP contribution in [0.1, 0.15) is 39.7 Å². The average molecular weight is 251 g/mol. The van der Waals surface area contributed by atoms with Gasteiger partial charge in [-0.2, -0.15) is 5.26 Å². The van der Waals surface area contributed by atoms with Crippen LogP contribution in [-0.2, 0) is 0 Å². The maximum atomic E-state index is 9.45. The maximum Gasteiger partial charge on any atom is 0.0717 e. The van der Waals surface area contributed by atoms with Crippen LogP contribution < -0.4 is 0 Å². The Balaban J connectivity index is 2.84. The van der Waals surface area contributed by atoms with Crippen molar-refractivity contribution in [2.45, 2.75) is 34.1 Å². The standard InChI is InChI=1S/C18H21N/c1-5-15(2)16(3)18(4,14-19)13-9-12-17-10-7-6-8-11-17/h5-8,10-11,16H,13H2,1-4H3/b15-5+/t16-,18+/m0/s1. The van der Waals surface area contributed by atoms with E-state index >= 15 is 0 Å². The summed E-state index contributed by atoms with van der Waals surface area (Å²) in [6.07, 6.45) is 2.66. The smallest absolute Gasteiger partial charge is 0.0717 e. The third kappa shape index (κ3) is 4.01. The van der Waals surface area contributed by atoms with Gasteiger partial charge in [-0.15, -0.1) is 0 Å². The molecule has 0 aliphatic carbocycles. The van der Waals surface area contributed by atoms with Gasteiger partial charge in [0.2, 0.25) is 0 Å². The van der Waals surface area contributed by atoms with E-state index in [-0.39, 0.29) is 5.92 Å². The number of hydrogen-bond acceptors (Lipinski definition) is 1. The van der Waals surface area contributed by atoms with E-state index in [1.165, 1.54) is 5.57 Å². The van der Waals surface area contributed by atoms with E-state index in [2.05, 4.69) is 37.8 Å². The van der Waals surface area contributed by atoms with Crippen LogP contribution in [0.4, 0.5) is 0 Å². The average Bonchev–Trinajstić information content (AvgIpc) is 2.46. The van der Waals surface area contributed by atoms with Crippen LogP contribution in [0.5, 0.6) is 0 Å². The molecule has 0 heterocycles. The zero-order valence-corrected chi connectivity index (χ0v) is 12.2. The Morgan fingerprint density at radius 3 is 2.53 bits per heavy atom. The third-order valence-corrected chi connectivity index (χ3v) is 3.81. The van der Waals surface area contributed by atoms with Gasteiger partial charge in [-0.3, -0.25) is 0 Å². The molecule has 2 atom stereocenters. The summed E-state index contributed by atoms with van der Waals surface area (Å²) in [6, 6.07) is 12.3. The van der Waals surface area contributed by atoms with Crippen molar-refractivity contribution in [3.8, 4) is 17.9 Å².